The highest BCUT2D eigenvalue weighted by molar-refractivity contribution is 7.99. The van der Waals surface area contributed by atoms with E-state index in [1.54, 1.807) is 16.7 Å². The molecule has 0 radical (unpaired) electrons. The van der Waals surface area contributed by atoms with Crippen LogP contribution in [-0.4, -0.2) is 39.1 Å². The summed E-state index contributed by atoms with van der Waals surface area (Å²) in [5, 5.41) is 0.598. The molecule has 110 valence electrons. The lowest BCUT2D eigenvalue weighted by atomic mass is 9.88. The third-order valence-corrected chi connectivity index (χ3v) is 5.30. The Bertz CT molecular complexity index is 368. The number of carbonyl (C=O) groups excluding carboxylic acids is 1. The minimum Gasteiger partial charge on any atom is -0.462 e. The van der Waals surface area contributed by atoms with Gasteiger partial charge in [0.2, 0.25) is 5.91 Å². The molecule has 19 heavy (non-hydrogen) atoms. The molecule has 3 nitrogen and oxygen atoms in total. The lowest BCUT2D eigenvalue weighted by Gasteiger charge is -2.33. The molecule has 1 aliphatic rings. The number of hydrogen-bond acceptors (Lipinski definition) is 4. The van der Waals surface area contributed by atoms with Crippen molar-refractivity contribution >= 4 is 35.1 Å². The lowest BCUT2D eigenvalue weighted by molar-refractivity contribution is -0.133. The third-order valence-electron chi connectivity index (χ3n) is 3.87. The molecule has 1 rings (SSSR count). The van der Waals surface area contributed by atoms with Gasteiger partial charge in [-0.05, 0) is 38.2 Å². The predicted octanol–water partition coefficient (Wildman–Crippen LogP) is 3.32. The summed E-state index contributed by atoms with van der Waals surface area (Å²) in [4.78, 5) is 14.4. The van der Waals surface area contributed by atoms with Crippen LogP contribution in [0.25, 0.3) is 0 Å². The number of ether oxygens (including phenoxy) is 1. The Morgan fingerprint density at radius 2 is 1.89 bits per heavy atom. The summed E-state index contributed by atoms with van der Waals surface area (Å²) >= 11 is 6.98. The van der Waals surface area contributed by atoms with E-state index in [9.17, 15) is 4.79 Å². The number of rotatable bonds is 4. The van der Waals surface area contributed by atoms with Gasteiger partial charge in [0, 0.05) is 11.2 Å². The molecule has 0 aromatic carbocycles. The van der Waals surface area contributed by atoms with E-state index in [0.717, 1.165) is 0 Å². The van der Waals surface area contributed by atoms with E-state index in [1.165, 1.54) is 0 Å². The number of thioether (sulfide) groups is 1. The standard InChI is InChI=1S/C14H25NO2S2/c1-8(2)11-14(5,6)17-13(18)15(11)12(16)9(3)10(4)19-7/h8-11H,1-7H3/t9-,10-,11+/m1/s1. The van der Waals surface area contributed by atoms with Gasteiger partial charge in [-0.15, -0.1) is 0 Å². The highest BCUT2D eigenvalue weighted by Gasteiger charge is 2.50. The molecule has 0 bridgehead atoms. The molecule has 1 fully saturated rings. The summed E-state index contributed by atoms with van der Waals surface area (Å²) in [7, 11) is 0. The van der Waals surface area contributed by atoms with Crippen LogP contribution in [0.15, 0.2) is 0 Å². The first-order valence-electron chi connectivity index (χ1n) is 6.72. The molecule has 0 unspecified atom stereocenters. The molecular formula is C14H25NO2S2. The van der Waals surface area contributed by atoms with Gasteiger partial charge in [0.05, 0.1) is 6.04 Å². The van der Waals surface area contributed by atoms with Crippen LogP contribution in [0.5, 0.6) is 0 Å². The second-order valence-electron chi connectivity index (χ2n) is 6.10. The zero-order chi connectivity index (χ0) is 15.0. The Kier molecular flexibility index (Phi) is 5.29. The Hall–Kier alpha value is -0.290. The molecule has 1 amide bonds. The molecule has 0 aromatic heterocycles. The molecule has 0 aliphatic carbocycles. The fourth-order valence-electron chi connectivity index (χ4n) is 2.71. The van der Waals surface area contributed by atoms with Crippen LogP contribution < -0.4 is 0 Å². The second kappa shape index (κ2) is 6.00. The largest absolute Gasteiger partial charge is 0.462 e. The Labute approximate surface area is 126 Å². The van der Waals surface area contributed by atoms with Gasteiger partial charge < -0.3 is 4.74 Å². The fourth-order valence-corrected chi connectivity index (χ4v) is 3.65. The van der Waals surface area contributed by atoms with Gasteiger partial charge in [0.1, 0.15) is 5.60 Å². The Morgan fingerprint density at radius 1 is 1.37 bits per heavy atom. The van der Waals surface area contributed by atoms with Crippen LogP contribution in [0.2, 0.25) is 0 Å². The van der Waals surface area contributed by atoms with Crippen molar-refractivity contribution in [2.24, 2.45) is 11.8 Å². The van der Waals surface area contributed by atoms with Gasteiger partial charge in [0.25, 0.3) is 5.17 Å². The molecule has 1 heterocycles. The summed E-state index contributed by atoms with van der Waals surface area (Å²) < 4.78 is 5.75. The topological polar surface area (TPSA) is 29.5 Å². The zero-order valence-electron chi connectivity index (χ0n) is 12.9. The van der Waals surface area contributed by atoms with E-state index in [0.29, 0.717) is 11.1 Å². The first-order chi connectivity index (χ1) is 8.63. The van der Waals surface area contributed by atoms with Crippen LogP contribution in [0, 0.1) is 11.8 Å². The number of nitrogens with zero attached hydrogens (tertiary/aromatic N) is 1. The van der Waals surface area contributed by atoms with Crippen molar-refractivity contribution in [1.29, 1.82) is 0 Å². The van der Waals surface area contributed by atoms with Crippen molar-refractivity contribution in [2.45, 2.75) is 58.4 Å². The van der Waals surface area contributed by atoms with Crippen LogP contribution in [0.1, 0.15) is 41.5 Å². The Balaban J connectivity index is 3.03. The summed E-state index contributed by atoms with van der Waals surface area (Å²) in [5.74, 6) is 0.319. The van der Waals surface area contributed by atoms with E-state index in [2.05, 4.69) is 20.8 Å². The number of thiocarbonyl (C=S) groups is 1. The first kappa shape index (κ1) is 16.8. The first-order valence-corrected chi connectivity index (χ1v) is 8.42. The van der Waals surface area contributed by atoms with Gasteiger partial charge in [-0.2, -0.15) is 11.8 Å². The van der Waals surface area contributed by atoms with Crippen molar-refractivity contribution in [3.8, 4) is 0 Å². The van der Waals surface area contributed by atoms with Gasteiger partial charge in [-0.3, -0.25) is 9.69 Å². The maximum absolute atomic E-state index is 12.7. The lowest BCUT2D eigenvalue weighted by Crippen LogP contribution is -2.50. The smallest absolute Gasteiger partial charge is 0.267 e. The van der Waals surface area contributed by atoms with Crippen molar-refractivity contribution < 1.29 is 9.53 Å². The minimum atomic E-state index is -0.413. The zero-order valence-corrected chi connectivity index (χ0v) is 14.5. The molecular weight excluding hydrogens is 278 g/mol. The molecule has 0 aromatic rings. The van der Waals surface area contributed by atoms with Crippen molar-refractivity contribution in [2.75, 3.05) is 6.26 Å². The maximum atomic E-state index is 12.7. The van der Waals surface area contributed by atoms with Crippen LogP contribution >= 0.6 is 24.0 Å². The maximum Gasteiger partial charge on any atom is 0.267 e. The average molecular weight is 303 g/mol. The average Bonchev–Trinajstić information content (AvgIpc) is 2.55. The summed E-state index contributed by atoms with van der Waals surface area (Å²) in [6.45, 7) is 12.2. The van der Waals surface area contributed by atoms with Crippen molar-refractivity contribution in [1.82, 2.24) is 4.90 Å². The molecule has 1 aliphatic heterocycles. The Morgan fingerprint density at radius 3 is 2.32 bits per heavy atom. The number of amides is 1. The van der Waals surface area contributed by atoms with Gasteiger partial charge in [0.15, 0.2) is 0 Å². The highest BCUT2D eigenvalue weighted by atomic mass is 32.2. The fraction of sp³-hybridized carbons (Fsp3) is 0.857. The monoisotopic (exact) mass is 303 g/mol. The third kappa shape index (κ3) is 3.24. The van der Waals surface area contributed by atoms with E-state index >= 15 is 0 Å². The highest BCUT2D eigenvalue weighted by Crippen LogP contribution is 2.36. The molecule has 0 N–H and O–H groups in total. The van der Waals surface area contributed by atoms with Gasteiger partial charge >= 0.3 is 0 Å². The molecule has 5 heteroatoms. The van der Waals surface area contributed by atoms with Gasteiger partial charge in [-0.25, -0.2) is 0 Å². The van der Waals surface area contributed by atoms with E-state index in [1.807, 2.05) is 27.0 Å². The molecule has 3 atom stereocenters. The van der Waals surface area contributed by atoms with Crippen LogP contribution in [-0.2, 0) is 9.53 Å². The quantitative estimate of drug-likeness (QED) is 0.745. The second-order valence-corrected chi connectivity index (χ2v) is 7.66. The van der Waals surface area contributed by atoms with E-state index in [-0.39, 0.29) is 23.1 Å². The van der Waals surface area contributed by atoms with Crippen LogP contribution in [0.3, 0.4) is 0 Å². The molecule has 0 saturated carbocycles. The summed E-state index contributed by atoms with van der Waals surface area (Å²) in [6.07, 6.45) is 2.02. The van der Waals surface area contributed by atoms with Crippen molar-refractivity contribution in [3.63, 3.8) is 0 Å². The van der Waals surface area contributed by atoms with E-state index < -0.39 is 5.60 Å². The van der Waals surface area contributed by atoms with Gasteiger partial charge in [-0.1, -0.05) is 27.7 Å². The SMILES string of the molecule is CS[C@H](C)[C@@H](C)C(=O)N1C(=S)OC(C)(C)[C@@H]1C(C)C. The molecule has 1 saturated heterocycles. The summed E-state index contributed by atoms with van der Waals surface area (Å²) in [5.41, 5.74) is -0.413. The van der Waals surface area contributed by atoms with E-state index in [4.69, 9.17) is 17.0 Å². The summed E-state index contributed by atoms with van der Waals surface area (Å²) in [6, 6.07) is 0.00371. The number of carbonyl (C=O) groups is 1. The number of hydrogen-bond donors (Lipinski definition) is 0. The van der Waals surface area contributed by atoms with Crippen LogP contribution in [0.4, 0.5) is 0 Å². The van der Waals surface area contributed by atoms with Crippen molar-refractivity contribution in [3.05, 3.63) is 0 Å². The minimum absolute atomic E-state index is 0.00371. The predicted molar refractivity (Wildman–Crippen MR) is 85.4 cm³/mol. The molecule has 0 spiro atoms. The normalized spacial score (nSPS) is 25.4.